The molecule has 0 spiro atoms. The summed E-state index contributed by atoms with van der Waals surface area (Å²) in [6, 6.07) is 15.8. The number of anilines is 1. The van der Waals surface area contributed by atoms with Gasteiger partial charge in [0.05, 0.1) is 24.9 Å². The quantitative estimate of drug-likeness (QED) is 0.604. The Kier molecular flexibility index (Phi) is 5.98. The predicted molar refractivity (Wildman–Crippen MR) is 115 cm³/mol. The lowest BCUT2D eigenvalue weighted by molar-refractivity contribution is 0.0600. The number of esters is 1. The van der Waals surface area contributed by atoms with Gasteiger partial charge >= 0.3 is 5.97 Å². The number of hydrogen-bond donors (Lipinski definition) is 1. The van der Waals surface area contributed by atoms with Gasteiger partial charge in [0.1, 0.15) is 4.90 Å². The molecular weight excluding hydrogens is 402 g/mol. The third-order valence-corrected chi connectivity index (χ3v) is 5.86. The van der Waals surface area contributed by atoms with Crippen LogP contribution in [0.25, 0.3) is 0 Å². The summed E-state index contributed by atoms with van der Waals surface area (Å²) < 4.78 is 35.2. The Morgan fingerprint density at radius 2 is 1.70 bits per heavy atom. The lowest BCUT2D eigenvalue weighted by atomic mass is 9.92. The summed E-state index contributed by atoms with van der Waals surface area (Å²) in [4.78, 5) is 11.7. The minimum Gasteiger partial charge on any atom is -0.465 e. The molecule has 7 nitrogen and oxygen atoms in total. The maximum atomic E-state index is 13.2. The van der Waals surface area contributed by atoms with Gasteiger partial charge in [-0.1, -0.05) is 51.1 Å². The van der Waals surface area contributed by atoms with E-state index in [0.717, 1.165) is 5.56 Å². The van der Waals surface area contributed by atoms with Crippen LogP contribution in [0.5, 0.6) is 0 Å². The topological polar surface area (TPSA) is 90.3 Å². The van der Waals surface area contributed by atoms with Gasteiger partial charge in [-0.2, -0.15) is 5.10 Å². The number of nitrogens with zero attached hydrogens (tertiary/aromatic N) is 2. The van der Waals surface area contributed by atoms with E-state index < -0.39 is 21.4 Å². The molecule has 158 valence electrons. The highest BCUT2D eigenvalue weighted by Crippen LogP contribution is 2.29. The fourth-order valence-corrected chi connectivity index (χ4v) is 4.39. The number of hydrogen-bond acceptors (Lipinski definition) is 5. The number of rotatable bonds is 6. The van der Waals surface area contributed by atoms with Crippen LogP contribution in [0.2, 0.25) is 0 Å². The molecule has 8 heteroatoms. The Balaban J connectivity index is 1.93. The van der Waals surface area contributed by atoms with Gasteiger partial charge in [0.2, 0.25) is 0 Å². The van der Waals surface area contributed by atoms with Crippen molar-refractivity contribution < 1.29 is 17.9 Å². The Bertz CT molecular complexity index is 1130. The van der Waals surface area contributed by atoms with Crippen LogP contribution in [0.3, 0.4) is 0 Å². The second-order valence-corrected chi connectivity index (χ2v) is 9.60. The Morgan fingerprint density at radius 1 is 1.07 bits per heavy atom. The molecule has 0 aliphatic heterocycles. The Labute approximate surface area is 176 Å². The molecular formula is C22H25N3O4S. The minimum atomic E-state index is -3.89. The molecule has 0 fully saturated rings. The zero-order valence-electron chi connectivity index (χ0n) is 17.4. The molecule has 3 rings (SSSR count). The summed E-state index contributed by atoms with van der Waals surface area (Å²) in [7, 11) is -2.60. The zero-order valence-corrected chi connectivity index (χ0v) is 18.2. The molecule has 0 aliphatic carbocycles. The number of benzene rings is 2. The van der Waals surface area contributed by atoms with Crippen molar-refractivity contribution >= 4 is 21.7 Å². The summed E-state index contributed by atoms with van der Waals surface area (Å²) in [6.45, 7) is 6.23. The van der Waals surface area contributed by atoms with Gasteiger partial charge in [0, 0.05) is 17.3 Å². The van der Waals surface area contributed by atoms with Crippen LogP contribution in [0.15, 0.2) is 65.7 Å². The number of nitrogens with one attached hydrogen (secondary N) is 1. The second-order valence-electron chi connectivity index (χ2n) is 7.95. The predicted octanol–water partition coefficient (Wildman–Crippen LogP) is 3.82. The molecule has 1 heterocycles. The first-order chi connectivity index (χ1) is 14.1. The standard InChI is InChI=1S/C22H25N3O4S/c1-22(2,3)20-19(15-25(23-20)14-16-8-6-5-7-9-16)30(27,28)24-18-12-10-17(11-13-18)21(26)29-4/h5-13,15,24H,14H2,1-4H3. The van der Waals surface area contributed by atoms with Crippen molar-refractivity contribution in [2.75, 3.05) is 11.8 Å². The van der Waals surface area contributed by atoms with E-state index in [4.69, 9.17) is 0 Å². The molecule has 0 bridgehead atoms. The van der Waals surface area contributed by atoms with Crippen molar-refractivity contribution in [1.82, 2.24) is 9.78 Å². The fraction of sp³-hybridized carbons (Fsp3) is 0.273. The molecule has 0 saturated carbocycles. The summed E-state index contributed by atoms with van der Waals surface area (Å²) in [5, 5.41) is 4.57. The lowest BCUT2D eigenvalue weighted by Crippen LogP contribution is -2.20. The smallest absolute Gasteiger partial charge is 0.337 e. The van der Waals surface area contributed by atoms with Gasteiger partial charge in [-0.05, 0) is 29.8 Å². The summed E-state index contributed by atoms with van der Waals surface area (Å²) in [5.41, 5.74) is 1.72. The van der Waals surface area contributed by atoms with E-state index in [9.17, 15) is 13.2 Å². The maximum Gasteiger partial charge on any atom is 0.337 e. The van der Waals surface area contributed by atoms with Crippen molar-refractivity contribution in [2.45, 2.75) is 37.6 Å². The van der Waals surface area contributed by atoms with Gasteiger partial charge < -0.3 is 4.74 Å². The third-order valence-electron chi connectivity index (χ3n) is 4.47. The average molecular weight is 428 g/mol. The van der Waals surface area contributed by atoms with Crippen molar-refractivity contribution in [3.63, 3.8) is 0 Å². The van der Waals surface area contributed by atoms with Crippen molar-refractivity contribution in [2.24, 2.45) is 0 Å². The van der Waals surface area contributed by atoms with Gasteiger partial charge in [-0.25, -0.2) is 13.2 Å². The van der Waals surface area contributed by atoms with Crippen LogP contribution in [0, 0.1) is 0 Å². The molecule has 0 atom stereocenters. The van der Waals surface area contributed by atoms with E-state index in [1.54, 1.807) is 10.9 Å². The molecule has 30 heavy (non-hydrogen) atoms. The van der Waals surface area contributed by atoms with Gasteiger partial charge in [-0.15, -0.1) is 0 Å². The van der Waals surface area contributed by atoms with Crippen LogP contribution >= 0.6 is 0 Å². The molecule has 3 aromatic rings. The monoisotopic (exact) mass is 427 g/mol. The number of carbonyl (C=O) groups is 1. The van der Waals surface area contributed by atoms with Crippen LogP contribution in [-0.4, -0.2) is 31.3 Å². The number of aromatic nitrogens is 2. The van der Waals surface area contributed by atoms with E-state index in [0.29, 0.717) is 23.5 Å². The SMILES string of the molecule is COC(=O)c1ccc(NS(=O)(=O)c2cn(Cc3ccccc3)nc2C(C)(C)C)cc1. The fourth-order valence-electron chi connectivity index (χ4n) is 2.97. The number of sulfonamides is 1. The summed E-state index contributed by atoms with van der Waals surface area (Å²) in [5.74, 6) is -0.485. The largest absolute Gasteiger partial charge is 0.465 e. The number of methoxy groups -OCH3 is 1. The van der Waals surface area contributed by atoms with Crippen LogP contribution in [0.4, 0.5) is 5.69 Å². The molecule has 1 aromatic heterocycles. The van der Waals surface area contributed by atoms with E-state index >= 15 is 0 Å². The molecule has 0 aliphatic rings. The van der Waals surface area contributed by atoms with E-state index in [-0.39, 0.29) is 4.90 Å². The first-order valence-electron chi connectivity index (χ1n) is 9.43. The molecule has 0 unspecified atom stereocenters. The highest BCUT2D eigenvalue weighted by molar-refractivity contribution is 7.92. The third kappa shape index (κ3) is 4.88. The van der Waals surface area contributed by atoms with Gasteiger partial charge in [-0.3, -0.25) is 9.40 Å². The summed E-state index contributed by atoms with van der Waals surface area (Å²) in [6.07, 6.45) is 1.55. The molecule has 0 amide bonds. The first-order valence-corrected chi connectivity index (χ1v) is 10.9. The average Bonchev–Trinajstić information content (AvgIpc) is 3.14. The van der Waals surface area contributed by atoms with E-state index in [2.05, 4.69) is 14.6 Å². The Hall–Kier alpha value is -3.13. The number of ether oxygens (including phenoxy) is 1. The van der Waals surface area contributed by atoms with E-state index in [1.165, 1.54) is 31.4 Å². The van der Waals surface area contributed by atoms with Crippen LogP contribution < -0.4 is 4.72 Å². The van der Waals surface area contributed by atoms with Crippen molar-refractivity contribution in [3.8, 4) is 0 Å². The first kappa shape index (κ1) is 21.6. The molecule has 0 saturated heterocycles. The lowest BCUT2D eigenvalue weighted by Gasteiger charge is -2.18. The highest BCUT2D eigenvalue weighted by Gasteiger charge is 2.30. The summed E-state index contributed by atoms with van der Waals surface area (Å²) >= 11 is 0. The molecule has 2 aromatic carbocycles. The molecule has 0 radical (unpaired) electrons. The van der Waals surface area contributed by atoms with Crippen LogP contribution in [0.1, 0.15) is 42.4 Å². The zero-order chi connectivity index (χ0) is 21.9. The highest BCUT2D eigenvalue weighted by atomic mass is 32.2. The Morgan fingerprint density at radius 3 is 2.27 bits per heavy atom. The van der Waals surface area contributed by atoms with Crippen LogP contribution in [-0.2, 0) is 26.7 Å². The van der Waals surface area contributed by atoms with E-state index in [1.807, 2.05) is 51.1 Å². The van der Waals surface area contributed by atoms with Gasteiger partial charge in [0.25, 0.3) is 10.0 Å². The van der Waals surface area contributed by atoms with Crippen molar-refractivity contribution in [1.29, 1.82) is 0 Å². The second kappa shape index (κ2) is 8.31. The van der Waals surface area contributed by atoms with Gasteiger partial charge in [0.15, 0.2) is 0 Å². The van der Waals surface area contributed by atoms with Crippen molar-refractivity contribution in [3.05, 3.63) is 77.6 Å². The maximum absolute atomic E-state index is 13.2. The number of carbonyl (C=O) groups excluding carboxylic acids is 1. The molecule has 1 N–H and O–H groups in total. The normalized spacial score (nSPS) is 11.9. The minimum absolute atomic E-state index is 0.128.